The first-order chi connectivity index (χ1) is 33.0. The molecule has 5 aliphatic rings. The fraction of sp³-hybridized carbons (Fsp3) is 0.364. The Morgan fingerprint density at radius 2 is 1.06 bits per heavy atom. The van der Waals surface area contributed by atoms with E-state index in [1.807, 2.05) is 0 Å². The van der Waals surface area contributed by atoms with Crippen molar-refractivity contribution in [1.29, 1.82) is 0 Å². The van der Waals surface area contributed by atoms with Crippen LogP contribution in [0.1, 0.15) is 155 Å². The third-order valence-corrected chi connectivity index (χ3v) is 18.1. The summed E-state index contributed by atoms with van der Waals surface area (Å²) in [6, 6.07) is 53.2. The summed E-state index contributed by atoms with van der Waals surface area (Å²) in [5, 5.41) is 0. The summed E-state index contributed by atoms with van der Waals surface area (Å²) in [5.41, 5.74) is 26.6. The molecule has 0 radical (unpaired) electrons. The zero-order valence-electron chi connectivity index (χ0n) is 44.4. The third-order valence-electron chi connectivity index (χ3n) is 18.1. The molecule has 70 heavy (non-hydrogen) atoms. The van der Waals surface area contributed by atoms with Crippen molar-refractivity contribution in [3.05, 3.63) is 172 Å². The lowest BCUT2D eigenvalue weighted by Crippen LogP contribution is -2.61. The molecule has 7 aromatic carbocycles. The Balaban J connectivity index is 1.17. The van der Waals surface area contributed by atoms with Gasteiger partial charge in [0.15, 0.2) is 0 Å². The van der Waals surface area contributed by atoms with Crippen molar-refractivity contribution in [2.24, 2.45) is 0 Å². The van der Waals surface area contributed by atoms with Crippen molar-refractivity contribution >= 4 is 68.6 Å². The quantitative estimate of drug-likeness (QED) is 0.164. The van der Waals surface area contributed by atoms with E-state index in [1.165, 1.54) is 131 Å². The van der Waals surface area contributed by atoms with Gasteiger partial charge in [0, 0.05) is 56.2 Å². The van der Waals surface area contributed by atoms with Crippen LogP contribution in [0.25, 0.3) is 11.1 Å². The normalized spacial score (nSPS) is 20.6. The molecule has 7 aromatic rings. The van der Waals surface area contributed by atoms with Gasteiger partial charge in [-0.1, -0.05) is 175 Å². The van der Waals surface area contributed by atoms with Crippen LogP contribution in [0.15, 0.2) is 133 Å². The van der Waals surface area contributed by atoms with Crippen LogP contribution in [-0.4, -0.2) is 12.3 Å². The van der Waals surface area contributed by atoms with Gasteiger partial charge in [-0.3, -0.25) is 0 Å². The number of fused-ring (bicyclic) bond motifs is 10. The number of hydrogen-bond acceptors (Lipinski definition) is 3. The van der Waals surface area contributed by atoms with E-state index < -0.39 is 0 Å². The lowest BCUT2D eigenvalue weighted by molar-refractivity contribution is 0.195. The van der Waals surface area contributed by atoms with E-state index in [-0.39, 0.29) is 39.3 Å². The SMILES string of the molecule is Cc1cc2c3c(c1)N(c1cccc4c1-c1ccccc1C4(C)C)c1cc(N4c5ccc(C(C)(C)C)cc5C5(C)CCCCC45C)ccc1B3c1cc(C(C)(C)C)ccc1N2c1ccc(C(C)(C)C)cc1. The first-order valence-electron chi connectivity index (χ1n) is 26.3. The smallest absolute Gasteiger partial charge is 0.252 e. The monoisotopic (exact) mass is 918 g/mol. The van der Waals surface area contributed by atoms with Crippen molar-refractivity contribution in [1.82, 2.24) is 0 Å². The van der Waals surface area contributed by atoms with E-state index in [0.29, 0.717) is 0 Å². The van der Waals surface area contributed by atoms with Crippen LogP contribution >= 0.6 is 0 Å². The molecule has 0 aromatic heterocycles. The number of aryl methyl sites for hydroxylation is 1. The van der Waals surface area contributed by atoms with Crippen molar-refractivity contribution in [2.75, 3.05) is 14.7 Å². The van der Waals surface area contributed by atoms with Crippen LogP contribution in [0.5, 0.6) is 0 Å². The highest BCUT2D eigenvalue weighted by Gasteiger charge is 2.58. The van der Waals surface area contributed by atoms with Gasteiger partial charge in [-0.05, 0) is 158 Å². The Kier molecular flexibility index (Phi) is 9.54. The zero-order valence-corrected chi connectivity index (χ0v) is 44.4. The van der Waals surface area contributed by atoms with E-state index in [9.17, 15) is 0 Å². The lowest BCUT2D eigenvalue weighted by Gasteiger charge is -2.51. The molecule has 4 heteroatoms. The summed E-state index contributed by atoms with van der Waals surface area (Å²) < 4.78 is 0. The van der Waals surface area contributed by atoms with E-state index in [1.54, 1.807) is 0 Å². The minimum atomic E-state index is -0.138. The second-order valence-corrected chi connectivity index (χ2v) is 25.9. The molecule has 0 saturated heterocycles. The summed E-state index contributed by atoms with van der Waals surface area (Å²) in [6.45, 7) is 33.4. The fourth-order valence-corrected chi connectivity index (χ4v) is 13.9. The Hall–Kier alpha value is -6.00. The summed E-state index contributed by atoms with van der Waals surface area (Å²) in [6.07, 6.45) is 4.86. The Bertz CT molecular complexity index is 3320. The molecule has 2 unspecified atom stereocenters. The van der Waals surface area contributed by atoms with E-state index in [4.69, 9.17) is 0 Å². The number of hydrogen-bond donors (Lipinski definition) is 0. The average Bonchev–Trinajstić information content (AvgIpc) is 3.67. The zero-order chi connectivity index (χ0) is 49.2. The summed E-state index contributed by atoms with van der Waals surface area (Å²) >= 11 is 0. The third kappa shape index (κ3) is 6.26. The van der Waals surface area contributed by atoms with Crippen molar-refractivity contribution in [3.63, 3.8) is 0 Å². The van der Waals surface area contributed by atoms with Gasteiger partial charge in [-0.25, -0.2) is 0 Å². The molecule has 0 amide bonds. The van der Waals surface area contributed by atoms with Gasteiger partial charge < -0.3 is 14.7 Å². The van der Waals surface area contributed by atoms with Crippen LogP contribution in [0.4, 0.5) is 45.5 Å². The van der Waals surface area contributed by atoms with Gasteiger partial charge in [0.2, 0.25) is 0 Å². The second-order valence-electron chi connectivity index (χ2n) is 25.9. The van der Waals surface area contributed by atoms with Gasteiger partial charge in [-0.15, -0.1) is 0 Å². The molecule has 0 bridgehead atoms. The van der Waals surface area contributed by atoms with Gasteiger partial charge in [-0.2, -0.15) is 0 Å². The number of benzene rings is 7. The van der Waals surface area contributed by atoms with Gasteiger partial charge in [0.1, 0.15) is 0 Å². The molecular weight excluding hydrogens is 846 g/mol. The average molecular weight is 918 g/mol. The molecule has 1 fully saturated rings. The first-order valence-corrected chi connectivity index (χ1v) is 26.3. The minimum Gasteiger partial charge on any atom is -0.334 e. The van der Waals surface area contributed by atoms with Gasteiger partial charge >= 0.3 is 0 Å². The van der Waals surface area contributed by atoms with Crippen LogP contribution in [0.2, 0.25) is 0 Å². The molecule has 0 spiro atoms. The molecule has 12 rings (SSSR count). The number of rotatable bonds is 3. The molecule has 2 aliphatic carbocycles. The maximum atomic E-state index is 2.80. The molecule has 3 heterocycles. The molecule has 354 valence electrons. The van der Waals surface area contributed by atoms with Crippen LogP contribution in [0.3, 0.4) is 0 Å². The second kappa shape index (κ2) is 14.8. The Morgan fingerprint density at radius 3 is 1.76 bits per heavy atom. The Morgan fingerprint density at radius 1 is 0.457 bits per heavy atom. The van der Waals surface area contributed by atoms with Gasteiger partial charge in [0.25, 0.3) is 6.71 Å². The van der Waals surface area contributed by atoms with E-state index in [2.05, 4.69) is 245 Å². The summed E-state index contributed by atoms with van der Waals surface area (Å²) in [5.74, 6) is 0. The fourth-order valence-electron chi connectivity index (χ4n) is 13.9. The molecule has 3 aliphatic heterocycles. The van der Waals surface area contributed by atoms with E-state index in [0.717, 1.165) is 6.42 Å². The highest BCUT2D eigenvalue weighted by atomic mass is 15.3. The van der Waals surface area contributed by atoms with Crippen molar-refractivity contribution < 1.29 is 0 Å². The molecule has 2 atom stereocenters. The summed E-state index contributed by atoms with van der Waals surface area (Å²) in [4.78, 5) is 8.09. The van der Waals surface area contributed by atoms with Gasteiger partial charge in [0.05, 0.1) is 11.2 Å². The molecule has 0 N–H and O–H groups in total. The standard InChI is InChI=1S/C66H72BN3/c1-41-36-57-60-58(37-41)69(55-23-19-22-49-59(55)47-20-15-16-21-48(47)64(49,11)12)56-40-46(70-53-32-26-43(62(5,6)7)38-50(53)65(13)34-17-18-35-66(65,70)14)30-31-51(56)67(60)52-39-44(63(8,9)10)27-33-54(52)68(57)45-28-24-42(25-29-45)61(2,3)4/h15-16,19-33,36-40H,17-18,34-35H2,1-14H3. The lowest BCUT2D eigenvalue weighted by atomic mass is 9.33. The van der Waals surface area contributed by atoms with Crippen molar-refractivity contribution in [3.8, 4) is 11.1 Å². The first kappa shape index (κ1) is 45.2. The molecule has 3 nitrogen and oxygen atoms in total. The molecule has 1 saturated carbocycles. The number of nitrogens with zero attached hydrogens (tertiary/aromatic N) is 3. The van der Waals surface area contributed by atoms with Crippen LogP contribution < -0.4 is 31.1 Å². The topological polar surface area (TPSA) is 9.72 Å². The minimum absolute atomic E-state index is 0.0181. The molecular formula is C66H72BN3. The van der Waals surface area contributed by atoms with E-state index >= 15 is 0 Å². The highest BCUT2D eigenvalue weighted by Crippen LogP contribution is 2.62. The van der Waals surface area contributed by atoms with Crippen LogP contribution in [-0.2, 0) is 27.1 Å². The largest absolute Gasteiger partial charge is 0.334 e. The maximum absolute atomic E-state index is 2.80. The Labute approximate surface area is 420 Å². The number of anilines is 8. The summed E-state index contributed by atoms with van der Waals surface area (Å²) in [7, 11) is 0. The van der Waals surface area contributed by atoms with Crippen LogP contribution in [0, 0.1) is 6.92 Å². The predicted molar refractivity (Wildman–Crippen MR) is 302 cm³/mol. The van der Waals surface area contributed by atoms with Crippen molar-refractivity contribution in [2.45, 2.75) is 155 Å². The highest BCUT2D eigenvalue weighted by molar-refractivity contribution is 7.00. The predicted octanol–water partition coefficient (Wildman–Crippen LogP) is 16.0. The maximum Gasteiger partial charge on any atom is 0.252 e.